The highest BCUT2D eigenvalue weighted by atomic mass is 32.2. The lowest BCUT2D eigenvalue weighted by molar-refractivity contribution is 0.0941. The van der Waals surface area contributed by atoms with Crippen molar-refractivity contribution in [2.24, 2.45) is 0 Å². The fourth-order valence-electron chi connectivity index (χ4n) is 1.51. The largest absolute Gasteiger partial charge is 0.395 e. The molecule has 0 aliphatic carbocycles. The molecule has 0 saturated heterocycles. The first-order valence-corrected chi connectivity index (χ1v) is 6.70. The Kier molecular flexibility index (Phi) is 4.94. The zero-order valence-electron chi connectivity index (χ0n) is 10.2. The lowest BCUT2D eigenvalue weighted by Gasteiger charge is -2.08. The third-order valence-corrected chi connectivity index (χ3v) is 3.40. The van der Waals surface area contributed by atoms with Gasteiger partial charge in [-0.25, -0.2) is 4.98 Å². The average Bonchev–Trinajstić information content (AvgIpc) is 2.46. The van der Waals surface area contributed by atoms with Gasteiger partial charge in [0.2, 0.25) is 0 Å². The molecule has 0 atom stereocenters. The topological polar surface area (TPSA) is 62.2 Å². The first-order valence-electron chi connectivity index (χ1n) is 5.88. The standard InChI is InChI=1S/C14H14N2O2S/c17-10-9-15-13(18)12-7-4-8-16-14(12)19-11-5-2-1-3-6-11/h1-8,17H,9-10H2,(H,15,18). The van der Waals surface area contributed by atoms with Crippen LogP contribution in [0.5, 0.6) is 0 Å². The summed E-state index contributed by atoms with van der Waals surface area (Å²) < 4.78 is 0. The van der Waals surface area contributed by atoms with E-state index in [2.05, 4.69) is 10.3 Å². The van der Waals surface area contributed by atoms with Crippen molar-refractivity contribution >= 4 is 17.7 Å². The third kappa shape index (κ3) is 3.81. The van der Waals surface area contributed by atoms with Crippen LogP contribution in [0.4, 0.5) is 0 Å². The molecule has 5 heteroatoms. The fourth-order valence-corrected chi connectivity index (χ4v) is 2.41. The van der Waals surface area contributed by atoms with Crippen molar-refractivity contribution < 1.29 is 9.90 Å². The Bertz CT molecular complexity index is 546. The van der Waals surface area contributed by atoms with Gasteiger partial charge in [0, 0.05) is 17.6 Å². The molecule has 0 saturated carbocycles. The van der Waals surface area contributed by atoms with Crippen molar-refractivity contribution in [3.05, 3.63) is 54.2 Å². The predicted octanol–water partition coefficient (Wildman–Crippen LogP) is 1.95. The molecule has 0 radical (unpaired) electrons. The Balaban J connectivity index is 2.19. The van der Waals surface area contributed by atoms with E-state index in [-0.39, 0.29) is 19.1 Å². The van der Waals surface area contributed by atoms with Crippen LogP contribution in [0, 0.1) is 0 Å². The SMILES string of the molecule is O=C(NCCO)c1cccnc1Sc1ccccc1. The summed E-state index contributed by atoms with van der Waals surface area (Å²) in [6, 6.07) is 13.2. The normalized spacial score (nSPS) is 10.2. The van der Waals surface area contributed by atoms with E-state index in [1.54, 1.807) is 18.3 Å². The molecular formula is C14H14N2O2S. The van der Waals surface area contributed by atoms with E-state index in [1.807, 2.05) is 30.3 Å². The number of carbonyl (C=O) groups excluding carboxylic acids is 1. The van der Waals surface area contributed by atoms with E-state index in [9.17, 15) is 4.79 Å². The van der Waals surface area contributed by atoms with Gasteiger partial charge in [-0.2, -0.15) is 0 Å². The molecule has 1 aromatic carbocycles. The molecule has 0 spiro atoms. The summed E-state index contributed by atoms with van der Waals surface area (Å²) in [6.07, 6.45) is 1.66. The van der Waals surface area contributed by atoms with Crippen molar-refractivity contribution in [3.63, 3.8) is 0 Å². The monoisotopic (exact) mass is 274 g/mol. The molecular weight excluding hydrogens is 260 g/mol. The second-order valence-electron chi connectivity index (χ2n) is 3.75. The Hall–Kier alpha value is -1.85. The van der Waals surface area contributed by atoms with Crippen LogP contribution in [0.25, 0.3) is 0 Å². The molecule has 1 heterocycles. The molecule has 2 N–H and O–H groups in total. The van der Waals surface area contributed by atoms with Crippen LogP contribution >= 0.6 is 11.8 Å². The number of nitrogens with zero attached hydrogens (tertiary/aromatic N) is 1. The molecule has 1 aromatic heterocycles. The first-order chi connectivity index (χ1) is 9.31. The summed E-state index contributed by atoms with van der Waals surface area (Å²) in [4.78, 5) is 17.2. The number of rotatable bonds is 5. The zero-order valence-corrected chi connectivity index (χ0v) is 11.1. The van der Waals surface area contributed by atoms with Gasteiger partial charge in [0.05, 0.1) is 12.2 Å². The summed E-state index contributed by atoms with van der Waals surface area (Å²) >= 11 is 1.44. The number of amides is 1. The highest BCUT2D eigenvalue weighted by molar-refractivity contribution is 7.99. The van der Waals surface area contributed by atoms with Gasteiger partial charge in [-0.3, -0.25) is 4.79 Å². The Morgan fingerprint density at radius 3 is 2.74 bits per heavy atom. The maximum Gasteiger partial charge on any atom is 0.254 e. The second kappa shape index (κ2) is 6.92. The van der Waals surface area contributed by atoms with Gasteiger partial charge < -0.3 is 10.4 Å². The van der Waals surface area contributed by atoms with Crippen LogP contribution in [0.15, 0.2) is 58.6 Å². The van der Waals surface area contributed by atoms with Crippen molar-refractivity contribution in [1.29, 1.82) is 0 Å². The smallest absolute Gasteiger partial charge is 0.254 e. The number of hydrogen-bond acceptors (Lipinski definition) is 4. The van der Waals surface area contributed by atoms with Crippen LogP contribution in [0.1, 0.15) is 10.4 Å². The second-order valence-corrected chi connectivity index (χ2v) is 4.81. The van der Waals surface area contributed by atoms with Crippen molar-refractivity contribution in [1.82, 2.24) is 10.3 Å². The number of aromatic nitrogens is 1. The number of hydrogen-bond donors (Lipinski definition) is 2. The summed E-state index contributed by atoms with van der Waals surface area (Å²) in [5, 5.41) is 12.0. The molecule has 1 amide bonds. The summed E-state index contributed by atoms with van der Waals surface area (Å²) in [5.41, 5.74) is 0.518. The van der Waals surface area contributed by atoms with Gasteiger partial charge >= 0.3 is 0 Å². The zero-order chi connectivity index (χ0) is 13.5. The van der Waals surface area contributed by atoms with Crippen molar-refractivity contribution in [3.8, 4) is 0 Å². The molecule has 2 aromatic rings. The van der Waals surface area contributed by atoms with E-state index in [0.29, 0.717) is 10.6 Å². The van der Waals surface area contributed by atoms with Gasteiger partial charge in [-0.15, -0.1) is 0 Å². The molecule has 0 fully saturated rings. The van der Waals surface area contributed by atoms with E-state index in [4.69, 9.17) is 5.11 Å². The highest BCUT2D eigenvalue weighted by Gasteiger charge is 2.12. The van der Waals surface area contributed by atoms with Gasteiger partial charge in [-0.1, -0.05) is 30.0 Å². The summed E-state index contributed by atoms with van der Waals surface area (Å²) in [5.74, 6) is -0.222. The number of aliphatic hydroxyl groups is 1. The lowest BCUT2D eigenvalue weighted by atomic mass is 10.2. The quantitative estimate of drug-likeness (QED) is 0.875. The number of benzene rings is 1. The molecule has 2 rings (SSSR count). The lowest BCUT2D eigenvalue weighted by Crippen LogP contribution is -2.27. The Labute approximate surface area is 115 Å². The third-order valence-electron chi connectivity index (χ3n) is 2.37. The summed E-state index contributed by atoms with van der Waals surface area (Å²) in [7, 11) is 0. The minimum Gasteiger partial charge on any atom is -0.395 e. The van der Waals surface area contributed by atoms with Crippen LogP contribution in [-0.4, -0.2) is 29.1 Å². The van der Waals surface area contributed by atoms with Crippen molar-refractivity contribution in [2.75, 3.05) is 13.2 Å². The summed E-state index contributed by atoms with van der Waals surface area (Å²) in [6.45, 7) is 0.163. The minimum atomic E-state index is -0.222. The highest BCUT2D eigenvalue weighted by Crippen LogP contribution is 2.28. The molecule has 4 nitrogen and oxygen atoms in total. The number of nitrogens with one attached hydrogen (secondary N) is 1. The molecule has 0 bridgehead atoms. The average molecular weight is 274 g/mol. The van der Waals surface area contributed by atoms with Gasteiger partial charge in [0.25, 0.3) is 5.91 Å². The minimum absolute atomic E-state index is 0.0762. The van der Waals surface area contributed by atoms with E-state index >= 15 is 0 Å². The van der Waals surface area contributed by atoms with E-state index in [0.717, 1.165) is 4.90 Å². The van der Waals surface area contributed by atoms with Crippen LogP contribution < -0.4 is 5.32 Å². The van der Waals surface area contributed by atoms with Crippen molar-refractivity contribution in [2.45, 2.75) is 9.92 Å². The predicted molar refractivity (Wildman–Crippen MR) is 74.2 cm³/mol. The number of aliphatic hydroxyl groups excluding tert-OH is 1. The maximum atomic E-state index is 11.9. The van der Waals surface area contributed by atoms with Crippen LogP contribution in [0.2, 0.25) is 0 Å². The molecule has 19 heavy (non-hydrogen) atoms. The Morgan fingerprint density at radius 1 is 1.21 bits per heavy atom. The van der Waals surface area contributed by atoms with E-state index < -0.39 is 0 Å². The van der Waals surface area contributed by atoms with Crippen LogP contribution in [0.3, 0.4) is 0 Å². The maximum absolute atomic E-state index is 11.9. The Morgan fingerprint density at radius 2 is 2.00 bits per heavy atom. The van der Waals surface area contributed by atoms with E-state index in [1.165, 1.54) is 11.8 Å². The first kappa shape index (κ1) is 13.6. The molecule has 0 unspecified atom stereocenters. The molecule has 0 aliphatic heterocycles. The van der Waals surface area contributed by atoms with Gasteiger partial charge in [-0.05, 0) is 24.3 Å². The molecule has 0 aliphatic rings. The van der Waals surface area contributed by atoms with Crippen LogP contribution in [-0.2, 0) is 0 Å². The number of carbonyl (C=O) groups is 1. The fraction of sp³-hybridized carbons (Fsp3) is 0.143. The van der Waals surface area contributed by atoms with Gasteiger partial charge in [0.15, 0.2) is 0 Å². The van der Waals surface area contributed by atoms with Gasteiger partial charge in [0.1, 0.15) is 5.03 Å². The number of pyridine rings is 1. The molecule has 98 valence electrons.